The average molecular weight is 374 g/mol. The summed E-state index contributed by atoms with van der Waals surface area (Å²) in [6.07, 6.45) is 1.56. The number of pyridine rings is 1. The van der Waals surface area contributed by atoms with Crippen LogP contribution in [-0.2, 0) is 16.1 Å². The summed E-state index contributed by atoms with van der Waals surface area (Å²) >= 11 is 0. The molecule has 1 aromatic carbocycles. The number of anilines is 1. The van der Waals surface area contributed by atoms with Gasteiger partial charge in [0.2, 0.25) is 5.43 Å². The number of carbonyl (C=O) groups excluding carboxylic acids is 2. The molecular formula is C19H22N2O6. The molecule has 2 aromatic rings. The van der Waals surface area contributed by atoms with Gasteiger partial charge in [0.05, 0.1) is 24.5 Å². The number of aliphatic hydroxyl groups excluding tert-OH is 1. The van der Waals surface area contributed by atoms with E-state index in [0.29, 0.717) is 23.5 Å². The highest BCUT2D eigenvalue weighted by molar-refractivity contribution is 5.93. The van der Waals surface area contributed by atoms with Crippen LogP contribution in [0, 0.1) is 6.92 Å². The number of amides is 1. The van der Waals surface area contributed by atoms with Gasteiger partial charge in [-0.3, -0.25) is 9.59 Å². The molecule has 0 aliphatic rings. The highest BCUT2D eigenvalue weighted by atomic mass is 16.5. The second kappa shape index (κ2) is 9.54. The SMILES string of the molecule is CCOC(=O)c1ccc(NC(=O)COc2c(C)n(CCO)ccc2=O)cc1. The first-order valence-corrected chi connectivity index (χ1v) is 8.47. The van der Waals surface area contributed by atoms with Gasteiger partial charge >= 0.3 is 5.97 Å². The highest BCUT2D eigenvalue weighted by Crippen LogP contribution is 2.13. The minimum Gasteiger partial charge on any atom is -0.478 e. The largest absolute Gasteiger partial charge is 0.478 e. The maximum absolute atomic E-state index is 12.1. The predicted molar refractivity (Wildman–Crippen MR) is 99.0 cm³/mol. The zero-order chi connectivity index (χ0) is 19.8. The molecule has 0 spiro atoms. The van der Waals surface area contributed by atoms with Crippen LogP contribution in [0.1, 0.15) is 23.0 Å². The number of nitrogens with one attached hydrogen (secondary N) is 1. The Morgan fingerprint density at radius 3 is 2.52 bits per heavy atom. The molecule has 0 bridgehead atoms. The van der Waals surface area contributed by atoms with Crippen molar-refractivity contribution in [1.82, 2.24) is 4.57 Å². The fraction of sp³-hybridized carbons (Fsp3) is 0.316. The van der Waals surface area contributed by atoms with Crippen LogP contribution in [0.15, 0.2) is 41.3 Å². The molecule has 0 unspecified atom stereocenters. The Balaban J connectivity index is 1.98. The van der Waals surface area contributed by atoms with Gasteiger partial charge in [-0.25, -0.2) is 4.79 Å². The summed E-state index contributed by atoms with van der Waals surface area (Å²) in [6, 6.07) is 7.56. The van der Waals surface area contributed by atoms with Gasteiger partial charge in [0.15, 0.2) is 12.4 Å². The number of ether oxygens (including phenoxy) is 2. The average Bonchev–Trinajstić information content (AvgIpc) is 2.65. The number of aliphatic hydroxyl groups is 1. The first kappa shape index (κ1) is 20.2. The van der Waals surface area contributed by atoms with E-state index >= 15 is 0 Å². The molecule has 27 heavy (non-hydrogen) atoms. The monoisotopic (exact) mass is 374 g/mol. The van der Waals surface area contributed by atoms with Crippen LogP contribution in [0.3, 0.4) is 0 Å². The summed E-state index contributed by atoms with van der Waals surface area (Å²) in [4.78, 5) is 35.6. The molecule has 1 heterocycles. The van der Waals surface area contributed by atoms with Crippen molar-refractivity contribution in [3.63, 3.8) is 0 Å². The first-order chi connectivity index (χ1) is 13.0. The lowest BCUT2D eigenvalue weighted by molar-refractivity contribution is -0.118. The summed E-state index contributed by atoms with van der Waals surface area (Å²) < 4.78 is 11.9. The minimum absolute atomic E-state index is 0.0683. The molecular weight excluding hydrogens is 352 g/mol. The van der Waals surface area contributed by atoms with E-state index < -0.39 is 11.9 Å². The van der Waals surface area contributed by atoms with Gasteiger partial charge in [-0.2, -0.15) is 0 Å². The molecule has 2 rings (SSSR count). The molecule has 0 saturated heterocycles. The van der Waals surface area contributed by atoms with E-state index in [0.717, 1.165) is 0 Å². The van der Waals surface area contributed by atoms with Gasteiger partial charge < -0.3 is 24.5 Å². The van der Waals surface area contributed by atoms with E-state index in [9.17, 15) is 14.4 Å². The highest BCUT2D eigenvalue weighted by Gasteiger charge is 2.12. The van der Waals surface area contributed by atoms with E-state index in [4.69, 9.17) is 14.6 Å². The number of rotatable bonds is 8. The third-order valence-electron chi connectivity index (χ3n) is 3.76. The van der Waals surface area contributed by atoms with Crippen molar-refractivity contribution in [2.75, 3.05) is 25.1 Å². The van der Waals surface area contributed by atoms with Crippen LogP contribution in [0.25, 0.3) is 0 Å². The van der Waals surface area contributed by atoms with Crippen molar-refractivity contribution in [3.8, 4) is 5.75 Å². The first-order valence-electron chi connectivity index (χ1n) is 8.47. The summed E-state index contributed by atoms with van der Waals surface area (Å²) in [5.41, 5.74) is 1.06. The number of nitrogens with zero attached hydrogens (tertiary/aromatic N) is 1. The van der Waals surface area contributed by atoms with Crippen LogP contribution in [0.2, 0.25) is 0 Å². The van der Waals surface area contributed by atoms with E-state index in [-0.39, 0.29) is 31.0 Å². The zero-order valence-electron chi connectivity index (χ0n) is 15.2. The van der Waals surface area contributed by atoms with Crippen molar-refractivity contribution < 1.29 is 24.2 Å². The van der Waals surface area contributed by atoms with Crippen LogP contribution in [-0.4, -0.2) is 41.4 Å². The number of hydrogen-bond donors (Lipinski definition) is 2. The Hall–Kier alpha value is -3.13. The molecule has 1 aromatic heterocycles. The smallest absolute Gasteiger partial charge is 0.338 e. The molecule has 0 saturated carbocycles. The van der Waals surface area contributed by atoms with E-state index in [2.05, 4.69) is 5.32 Å². The van der Waals surface area contributed by atoms with Crippen molar-refractivity contribution in [2.24, 2.45) is 0 Å². The number of aromatic nitrogens is 1. The number of benzene rings is 1. The van der Waals surface area contributed by atoms with Gasteiger partial charge in [0, 0.05) is 24.5 Å². The third kappa shape index (κ3) is 5.42. The molecule has 0 radical (unpaired) electrons. The van der Waals surface area contributed by atoms with E-state index in [1.54, 1.807) is 48.9 Å². The Bertz CT molecular complexity index is 857. The van der Waals surface area contributed by atoms with Gasteiger partial charge in [-0.15, -0.1) is 0 Å². The lowest BCUT2D eigenvalue weighted by Crippen LogP contribution is -2.24. The second-order valence-electron chi connectivity index (χ2n) is 5.65. The maximum Gasteiger partial charge on any atom is 0.338 e. The fourth-order valence-corrected chi connectivity index (χ4v) is 2.42. The maximum atomic E-state index is 12.1. The van der Waals surface area contributed by atoms with Crippen molar-refractivity contribution in [1.29, 1.82) is 0 Å². The Kier molecular flexibility index (Phi) is 7.13. The third-order valence-corrected chi connectivity index (χ3v) is 3.76. The zero-order valence-corrected chi connectivity index (χ0v) is 15.2. The molecule has 0 aliphatic heterocycles. The van der Waals surface area contributed by atoms with Gasteiger partial charge in [0.1, 0.15) is 0 Å². The summed E-state index contributed by atoms with van der Waals surface area (Å²) in [5.74, 6) is -0.813. The van der Waals surface area contributed by atoms with Gasteiger partial charge in [-0.1, -0.05) is 0 Å². The number of hydrogen-bond acceptors (Lipinski definition) is 6. The molecule has 0 atom stereocenters. The lowest BCUT2D eigenvalue weighted by atomic mass is 10.2. The van der Waals surface area contributed by atoms with Crippen molar-refractivity contribution in [2.45, 2.75) is 20.4 Å². The van der Waals surface area contributed by atoms with Crippen LogP contribution >= 0.6 is 0 Å². The fourth-order valence-electron chi connectivity index (χ4n) is 2.42. The Morgan fingerprint density at radius 1 is 1.19 bits per heavy atom. The molecule has 144 valence electrons. The predicted octanol–water partition coefficient (Wildman–Crippen LogP) is 1.34. The van der Waals surface area contributed by atoms with Gasteiger partial charge in [-0.05, 0) is 38.1 Å². The molecule has 1 amide bonds. The minimum atomic E-state index is -0.449. The standard InChI is InChI=1S/C19H22N2O6/c1-3-26-19(25)14-4-6-15(7-5-14)20-17(24)12-27-18-13(2)21(10-11-22)9-8-16(18)23/h4-9,22H,3,10-12H2,1-2H3,(H,20,24). The summed E-state index contributed by atoms with van der Waals surface area (Å²) in [6.45, 7) is 3.58. The van der Waals surface area contributed by atoms with Crippen molar-refractivity contribution in [3.05, 3.63) is 58.0 Å². The molecule has 8 nitrogen and oxygen atoms in total. The van der Waals surface area contributed by atoms with Crippen LogP contribution < -0.4 is 15.5 Å². The summed E-state index contributed by atoms with van der Waals surface area (Å²) in [5, 5.41) is 11.7. The number of esters is 1. The molecule has 0 aliphatic carbocycles. The quantitative estimate of drug-likeness (QED) is 0.676. The Morgan fingerprint density at radius 2 is 1.89 bits per heavy atom. The van der Waals surface area contributed by atoms with E-state index in [1.807, 2.05) is 0 Å². The van der Waals surface area contributed by atoms with E-state index in [1.165, 1.54) is 6.07 Å². The second-order valence-corrected chi connectivity index (χ2v) is 5.65. The lowest BCUT2D eigenvalue weighted by Gasteiger charge is -2.14. The van der Waals surface area contributed by atoms with Crippen molar-refractivity contribution >= 4 is 17.6 Å². The van der Waals surface area contributed by atoms with Gasteiger partial charge in [0.25, 0.3) is 5.91 Å². The molecule has 2 N–H and O–H groups in total. The summed E-state index contributed by atoms with van der Waals surface area (Å²) in [7, 11) is 0. The normalized spacial score (nSPS) is 10.3. The number of carbonyl (C=O) groups is 2. The van der Waals surface area contributed by atoms with Crippen LogP contribution in [0.5, 0.6) is 5.75 Å². The molecule has 8 heteroatoms. The molecule has 0 fully saturated rings. The topological polar surface area (TPSA) is 107 Å². The Labute approximate surface area is 156 Å². The van der Waals surface area contributed by atoms with Crippen LogP contribution in [0.4, 0.5) is 5.69 Å².